The number of hydrogen-bond acceptors (Lipinski definition) is 4. The molecule has 5 nitrogen and oxygen atoms in total. The van der Waals surface area contributed by atoms with Crippen molar-refractivity contribution in [1.82, 2.24) is 9.55 Å². The van der Waals surface area contributed by atoms with Gasteiger partial charge in [0.25, 0.3) is 0 Å². The number of benzene rings is 1. The minimum atomic E-state index is -0.286. The molecule has 1 heterocycles. The van der Waals surface area contributed by atoms with Crippen LogP contribution in [0.1, 0.15) is 23.0 Å². The lowest BCUT2D eigenvalue weighted by atomic mass is 10.1. The number of nitrogens with two attached hydrogens (primary N) is 1. The Labute approximate surface area is 118 Å². The van der Waals surface area contributed by atoms with Crippen molar-refractivity contribution in [2.24, 2.45) is 5.73 Å². The molecule has 0 aliphatic carbocycles. The molecule has 1 aromatic carbocycles. The number of rotatable bonds is 4. The summed E-state index contributed by atoms with van der Waals surface area (Å²) < 4.78 is 6.78. The minimum Gasteiger partial charge on any atom is -0.497 e. The van der Waals surface area contributed by atoms with E-state index in [2.05, 4.69) is 4.98 Å². The second-order valence-electron chi connectivity index (χ2n) is 4.82. The molecule has 1 atom stereocenters. The van der Waals surface area contributed by atoms with Gasteiger partial charge < -0.3 is 10.5 Å². The summed E-state index contributed by atoms with van der Waals surface area (Å²) in [5.74, 6) is 0.754. The van der Waals surface area contributed by atoms with Gasteiger partial charge in [0.1, 0.15) is 5.75 Å². The van der Waals surface area contributed by atoms with Gasteiger partial charge in [-0.15, -0.1) is 0 Å². The molecule has 0 spiro atoms. The molecule has 1 unspecified atom stereocenters. The Hall–Kier alpha value is -2.14. The van der Waals surface area contributed by atoms with Gasteiger partial charge in [-0.2, -0.15) is 4.98 Å². The van der Waals surface area contributed by atoms with Crippen LogP contribution >= 0.6 is 0 Å². The van der Waals surface area contributed by atoms with Crippen molar-refractivity contribution < 1.29 is 4.74 Å². The number of hydrogen-bond donors (Lipinski definition) is 1. The van der Waals surface area contributed by atoms with Crippen molar-refractivity contribution in [3.8, 4) is 5.75 Å². The average Bonchev–Trinajstić information content (AvgIpc) is 2.42. The van der Waals surface area contributed by atoms with Gasteiger partial charge in [-0.25, -0.2) is 4.79 Å². The third-order valence-electron chi connectivity index (χ3n) is 3.25. The molecule has 0 bridgehead atoms. The molecule has 0 saturated carbocycles. The Morgan fingerprint density at radius 3 is 2.75 bits per heavy atom. The molecule has 106 valence electrons. The largest absolute Gasteiger partial charge is 0.497 e. The predicted molar refractivity (Wildman–Crippen MR) is 77.9 cm³/mol. The maximum atomic E-state index is 11.9. The maximum Gasteiger partial charge on any atom is 0.348 e. The molecule has 0 aliphatic heterocycles. The zero-order chi connectivity index (χ0) is 14.7. The van der Waals surface area contributed by atoms with E-state index in [-0.39, 0.29) is 11.7 Å². The number of aryl methyl sites for hydroxylation is 2. The number of nitrogens with zero attached hydrogens (tertiary/aromatic N) is 2. The average molecular weight is 273 g/mol. The van der Waals surface area contributed by atoms with E-state index in [1.807, 2.05) is 37.3 Å². The van der Waals surface area contributed by atoms with E-state index in [0.717, 1.165) is 22.7 Å². The molecule has 2 N–H and O–H groups in total. The van der Waals surface area contributed by atoms with Crippen LogP contribution in [0, 0.1) is 13.8 Å². The second kappa shape index (κ2) is 5.88. The maximum absolute atomic E-state index is 11.9. The van der Waals surface area contributed by atoms with E-state index in [9.17, 15) is 4.79 Å². The zero-order valence-corrected chi connectivity index (χ0v) is 12.0. The van der Waals surface area contributed by atoms with E-state index in [4.69, 9.17) is 10.5 Å². The molecule has 0 saturated heterocycles. The summed E-state index contributed by atoms with van der Waals surface area (Å²) in [6.45, 7) is 4.08. The Kier molecular flexibility index (Phi) is 4.20. The molecule has 0 radical (unpaired) electrons. The fourth-order valence-electron chi connectivity index (χ4n) is 2.17. The first-order chi connectivity index (χ1) is 9.51. The lowest BCUT2D eigenvalue weighted by Gasteiger charge is -2.16. The van der Waals surface area contributed by atoms with Crippen LogP contribution < -0.4 is 16.2 Å². The summed E-state index contributed by atoms with van der Waals surface area (Å²) in [6, 6.07) is 9.14. The smallest absolute Gasteiger partial charge is 0.348 e. The highest BCUT2D eigenvalue weighted by Crippen LogP contribution is 2.18. The molecule has 20 heavy (non-hydrogen) atoms. The Bertz CT molecular complexity index is 664. The van der Waals surface area contributed by atoms with Gasteiger partial charge in [-0.3, -0.25) is 4.57 Å². The van der Waals surface area contributed by atoms with Gasteiger partial charge in [0.2, 0.25) is 0 Å². The van der Waals surface area contributed by atoms with E-state index in [1.165, 1.54) is 0 Å². The quantitative estimate of drug-likeness (QED) is 0.918. The molecule has 0 fully saturated rings. The summed E-state index contributed by atoms with van der Waals surface area (Å²) in [5, 5.41) is 0. The first-order valence-electron chi connectivity index (χ1n) is 6.46. The summed E-state index contributed by atoms with van der Waals surface area (Å²) in [7, 11) is 1.61. The topological polar surface area (TPSA) is 70.1 Å². The Morgan fingerprint density at radius 1 is 1.35 bits per heavy atom. The molecule has 2 rings (SSSR count). The first-order valence-corrected chi connectivity index (χ1v) is 6.46. The molecule has 5 heteroatoms. The summed E-state index contributed by atoms with van der Waals surface area (Å²) in [4.78, 5) is 15.9. The van der Waals surface area contributed by atoms with E-state index < -0.39 is 0 Å². The van der Waals surface area contributed by atoms with Gasteiger partial charge in [-0.1, -0.05) is 12.1 Å². The van der Waals surface area contributed by atoms with E-state index in [1.54, 1.807) is 18.6 Å². The van der Waals surface area contributed by atoms with Gasteiger partial charge in [0, 0.05) is 24.0 Å². The van der Waals surface area contributed by atoms with Crippen LogP contribution in [0.4, 0.5) is 0 Å². The van der Waals surface area contributed by atoms with Gasteiger partial charge in [-0.05, 0) is 37.6 Å². The van der Waals surface area contributed by atoms with Crippen LogP contribution in [0.15, 0.2) is 35.1 Å². The standard InChI is InChI=1S/C15H19N3O2/c1-10-7-11(2)18(15(19)17-10)9-14(16)12-5-4-6-13(8-12)20-3/h4-8,14H,9,16H2,1-3H3. The molecular formula is C15H19N3O2. The third kappa shape index (κ3) is 3.05. The summed E-state index contributed by atoms with van der Waals surface area (Å²) in [6.07, 6.45) is 0. The van der Waals surface area contributed by atoms with Crippen molar-refractivity contribution in [3.05, 3.63) is 57.8 Å². The molecule has 0 aliphatic rings. The molecular weight excluding hydrogens is 254 g/mol. The Balaban J connectivity index is 2.27. The van der Waals surface area contributed by atoms with Crippen molar-refractivity contribution >= 4 is 0 Å². The fraction of sp³-hybridized carbons (Fsp3) is 0.333. The lowest BCUT2D eigenvalue weighted by Crippen LogP contribution is -2.30. The number of aromatic nitrogens is 2. The van der Waals surface area contributed by atoms with Crippen molar-refractivity contribution in [1.29, 1.82) is 0 Å². The summed E-state index contributed by atoms with van der Waals surface area (Å²) in [5.41, 5.74) is 8.43. The first kappa shape index (κ1) is 14.3. The minimum absolute atomic E-state index is 0.263. The fourth-order valence-corrected chi connectivity index (χ4v) is 2.17. The number of methoxy groups -OCH3 is 1. The van der Waals surface area contributed by atoms with Gasteiger partial charge >= 0.3 is 5.69 Å². The van der Waals surface area contributed by atoms with Gasteiger partial charge in [0.05, 0.1) is 7.11 Å². The second-order valence-corrected chi connectivity index (χ2v) is 4.82. The molecule has 0 amide bonds. The Morgan fingerprint density at radius 2 is 2.10 bits per heavy atom. The van der Waals surface area contributed by atoms with Crippen LogP contribution in [0.25, 0.3) is 0 Å². The monoisotopic (exact) mass is 273 g/mol. The van der Waals surface area contributed by atoms with Crippen molar-refractivity contribution in [2.75, 3.05) is 7.11 Å². The van der Waals surface area contributed by atoms with Crippen LogP contribution in [0.3, 0.4) is 0 Å². The SMILES string of the molecule is COc1cccc(C(N)Cn2c(C)cc(C)nc2=O)c1. The van der Waals surface area contributed by atoms with E-state index >= 15 is 0 Å². The molecule has 2 aromatic rings. The van der Waals surface area contributed by atoms with Crippen LogP contribution in [-0.4, -0.2) is 16.7 Å². The summed E-state index contributed by atoms with van der Waals surface area (Å²) >= 11 is 0. The molecule has 1 aromatic heterocycles. The van der Waals surface area contributed by atoms with Crippen molar-refractivity contribution in [2.45, 2.75) is 26.4 Å². The highest BCUT2D eigenvalue weighted by Gasteiger charge is 2.11. The predicted octanol–water partition coefficient (Wildman–Crippen LogP) is 1.57. The third-order valence-corrected chi connectivity index (χ3v) is 3.25. The zero-order valence-electron chi connectivity index (χ0n) is 12.0. The van der Waals surface area contributed by atoms with Gasteiger partial charge in [0.15, 0.2) is 0 Å². The number of ether oxygens (including phenoxy) is 1. The lowest BCUT2D eigenvalue weighted by molar-refractivity contribution is 0.413. The highest BCUT2D eigenvalue weighted by atomic mass is 16.5. The normalized spacial score (nSPS) is 12.2. The van der Waals surface area contributed by atoms with E-state index in [0.29, 0.717) is 6.54 Å². The van der Waals surface area contributed by atoms with Crippen LogP contribution in [-0.2, 0) is 6.54 Å². The van der Waals surface area contributed by atoms with Crippen molar-refractivity contribution in [3.63, 3.8) is 0 Å². The highest BCUT2D eigenvalue weighted by molar-refractivity contribution is 5.30. The van der Waals surface area contributed by atoms with Crippen LogP contribution in [0.2, 0.25) is 0 Å². The van der Waals surface area contributed by atoms with Crippen LogP contribution in [0.5, 0.6) is 5.75 Å².